The molecule has 0 spiro atoms. The standard InChI is InChI=1S/C24H27FN4O2S/c1-5-28(24(2,3)4)32(30,31)19-11-9-16(10-12-19)22-21(14-26)20-13-17(25)15-27-23(20)29(22)18-7-6-8-18/h9-13,15,18H,5-8H2,1-4H3. The van der Waals surface area contributed by atoms with Crippen molar-refractivity contribution in [2.45, 2.75) is 63.4 Å². The van der Waals surface area contributed by atoms with Crippen molar-refractivity contribution in [3.63, 3.8) is 0 Å². The lowest BCUT2D eigenvalue weighted by Gasteiger charge is -2.33. The molecule has 0 N–H and O–H groups in total. The van der Waals surface area contributed by atoms with Crippen LogP contribution >= 0.6 is 0 Å². The summed E-state index contributed by atoms with van der Waals surface area (Å²) in [6.45, 7) is 7.78. The van der Waals surface area contributed by atoms with E-state index < -0.39 is 21.4 Å². The molecule has 0 saturated heterocycles. The number of sulfonamides is 1. The maximum absolute atomic E-state index is 13.9. The van der Waals surface area contributed by atoms with Crippen molar-refractivity contribution in [2.24, 2.45) is 0 Å². The molecule has 1 fully saturated rings. The van der Waals surface area contributed by atoms with E-state index in [9.17, 15) is 18.1 Å². The third-order valence-corrected chi connectivity index (χ3v) is 8.37. The van der Waals surface area contributed by atoms with Crippen LogP contribution in [0.1, 0.15) is 58.6 Å². The lowest BCUT2D eigenvalue weighted by Crippen LogP contribution is -2.45. The van der Waals surface area contributed by atoms with E-state index in [0.29, 0.717) is 34.4 Å². The first-order valence-electron chi connectivity index (χ1n) is 10.8. The maximum atomic E-state index is 13.9. The number of benzene rings is 1. The molecule has 3 aromatic rings. The topological polar surface area (TPSA) is 79.0 Å². The van der Waals surface area contributed by atoms with Crippen molar-refractivity contribution in [1.29, 1.82) is 5.26 Å². The normalized spacial score (nSPS) is 15.2. The molecule has 8 heteroatoms. The van der Waals surface area contributed by atoms with E-state index in [4.69, 9.17) is 0 Å². The predicted molar refractivity (Wildman–Crippen MR) is 122 cm³/mol. The third kappa shape index (κ3) is 3.59. The molecule has 1 aliphatic rings. The van der Waals surface area contributed by atoms with Gasteiger partial charge < -0.3 is 4.57 Å². The summed E-state index contributed by atoms with van der Waals surface area (Å²) in [4.78, 5) is 4.49. The number of nitriles is 1. The Hall–Kier alpha value is -2.76. The van der Waals surface area contributed by atoms with E-state index in [1.807, 2.05) is 32.3 Å². The van der Waals surface area contributed by atoms with Gasteiger partial charge in [-0.15, -0.1) is 0 Å². The van der Waals surface area contributed by atoms with Gasteiger partial charge in [0.2, 0.25) is 10.0 Å². The Balaban J connectivity index is 1.87. The summed E-state index contributed by atoms with van der Waals surface area (Å²) < 4.78 is 43.8. The van der Waals surface area contributed by atoms with E-state index in [1.54, 1.807) is 24.3 Å². The maximum Gasteiger partial charge on any atom is 0.243 e. The molecule has 0 bridgehead atoms. The van der Waals surface area contributed by atoms with Gasteiger partial charge in [0.25, 0.3) is 0 Å². The SMILES string of the molecule is CCN(C(C)(C)C)S(=O)(=O)c1ccc(-c2c(C#N)c3cc(F)cnc3n2C2CCC2)cc1. The van der Waals surface area contributed by atoms with Gasteiger partial charge in [0, 0.05) is 23.5 Å². The third-order valence-electron chi connectivity index (χ3n) is 6.11. The van der Waals surface area contributed by atoms with E-state index in [-0.39, 0.29) is 10.9 Å². The molecule has 0 unspecified atom stereocenters. The van der Waals surface area contributed by atoms with Crippen LogP contribution in [0.2, 0.25) is 0 Å². The van der Waals surface area contributed by atoms with Crippen LogP contribution in [0, 0.1) is 17.1 Å². The highest BCUT2D eigenvalue weighted by Crippen LogP contribution is 2.42. The smallest absolute Gasteiger partial charge is 0.243 e. The molecule has 0 atom stereocenters. The second kappa shape index (κ2) is 7.98. The van der Waals surface area contributed by atoms with Gasteiger partial charge in [0.05, 0.1) is 22.3 Å². The average molecular weight is 455 g/mol. The molecule has 2 aromatic heterocycles. The van der Waals surface area contributed by atoms with Gasteiger partial charge in [0.1, 0.15) is 17.5 Å². The lowest BCUT2D eigenvalue weighted by molar-refractivity contribution is 0.260. The number of pyridine rings is 1. The molecule has 1 aromatic carbocycles. The molecule has 32 heavy (non-hydrogen) atoms. The Bertz CT molecular complexity index is 1310. The monoisotopic (exact) mass is 454 g/mol. The van der Waals surface area contributed by atoms with Crippen LogP contribution in [0.15, 0.2) is 41.4 Å². The molecule has 168 valence electrons. The minimum Gasteiger partial charge on any atom is -0.321 e. The minimum absolute atomic E-state index is 0.187. The van der Waals surface area contributed by atoms with Gasteiger partial charge in [-0.2, -0.15) is 9.57 Å². The Morgan fingerprint density at radius 2 is 1.91 bits per heavy atom. The summed E-state index contributed by atoms with van der Waals surface area (Å²) in [7, 11) is -3.67. The highest BCUT2D eigenvalue weighted by atomic mass is 32.2. The summed E-state index contributed by atoms with van der Waals surface area (Å²) in [6, 6.07) is 10.4. The number of hydrogen-bond acceptors (Lipinski definition) is 4. The first-order chi connectivity index (χ1) is 15.1. The fourth-order valence-electron chi connectivity index (χ4n) is 4.48. The average Bonchev–Trinajstić information content (AvgIpc) is 2.99. The van der Waals surface area contributed by atoms with Gasteiger partial charge >= 0.3 is 0 Å². The fourth-order valence-corrected chi connectivity index (χ4v) is 6.27. The Kier molecular flexibility index (Phi) is 5.60. The summed E-state index contributed by atoms with van der Waals surface area (Å²) in [5.74, 6) is -0.491. The molecule has 1 aliphatic carbocycles. The number of rotatable bonds is 5. The lowest BCUT2D eigenvalue weighted by atomic mass is 9.92. The van der Waals surface area contributed by atoms with Crippen LogP contribution in [-0.4, -0.2) is 34.4 Å². The minimum atomic E-state index is -3.67. The molecule has 1 saturated carbocycles. The molecular weight excluding hydrogens is 427 g/mol. The molecule has 0 radical (unpaired) electrons. The van der Waals surface area contributed by atoms with Crippen molar-refractivity contribution in [3.8, 4) is 17.3 Å². The summed E-state index contributed by atoms with van der Waals surface area (Å²) in [6.07, 6.45) is 4.18. The number of aromatic nitrogens is 2. The highest BCUT2D eigenvalue weighted by Gasteiger charge is 2.33. The van der Waals surface area contributed by atoms with E-state index in [1.165, 1.54) is 16.6 Å². The summed E-state index contributed by atoms with van der Waals surface area (Å²) >= 11 is 0. The molecule has 0 aliphatic heterocycles. The number of nitrogens with zero attached hydrogens (tertiary/aromatic N) is 4. The van der Waals surface area contributed by atoms with Crippen molar-refractivity contribution in [1.82, 2.24) is 13.9 Å². The van der Waals surface area contributed by atoms with Gasteiger partial charge in [-0.25, -0.2) is 17.8 Å². The highest BCUT2D eigenvalue weighted by molar-refractivity contribution is 7.89. The van der Waals surface area contributed by atoms with Gasteiger partial charge in [-0.1, -0.05) is 19.1 Å². The van der Waals surface area contributed by atoms with Crippen molar-refractivity contribution >= 4 is 21.1 Å². The van der Waals surface area contributed by atoms with Crippen LogP contribution in [0.25, 0.3) is 22.3 Å². The molecule has 4 rings (SSSR count). The van der Waals surface area contributed by atoms with Crippen molar-refractivity contribution < 1.29 is 12.8 Å². The Labute approximate surface area is 188 Å². The van der Waals surface area contributed by atoms with E-state index >= 15 is 0 Å². The first-order valence-corrected chi connectivity index (χ1v) is 12.3. The van der Waals surface area contributed by atoms with Crippen molar-refractivity contribution in [2.75, 3.05) is 6.54 Å². The van der Waals surface area contributed by atoms with Crippen LogP contribution in [0.4, 0.5) is 4.39 Å². The van der Waals surface area contributed by atoms with Crippen LogP contribution in [0.3, 0.4) is 0 Å². The van der Waals surface area contributed by atoms with Crippen LogP contribution in [-0.2, 0) is 10.0 Å². The molecule has 0 amide bonds. The zero-order valence-corrected chi connectivity index (χ0v) is 19.6. The molecule has 2 heterocycles. The molecule has 6 nitrogen and oxygen atoms in total. The van der Waals surface area contributed by atoms with Crippen LogP contribution in [0.5, 0.6) is 0 Å². The number of fused-ring (bicyclic) bond motifs is 1. The fraction of sp³-hybridized carbons (Fsp3) is 0.417. The first kappa shape index (κ1) is 22.4. The second-order valence-electron chi connectivity index (χ2n) is 9.18. The van der Waals surface area contributed by atoms with E-state index in [2.05, 4.69) is 11.1 Å². The molecular formula is C24H27FN4O2S. The van der Waals surface area contributed by atoms with Gasteiger partial charge in [0.15, 0.2) is 0 Å². The number of halogens is 1. The number of hydrogen-bond donors (Lipinski definition) is 0. The quantitative estimate of drug-likeness (QED) is 0.528. The Morgan fingerprint density at radius 3 is 2.41 bits per heavy atom. The van der Waals surface area contributed by atoms with E-state index in [0.717, 1.165) is 19.3 Å². The Morgan fingerprint density at radius 1 is 1.25 bits per heavy atom. The largest absolute Gasteiger partial charge is 0.321 e. The summed E-state index contributed by atoms with van der Waals surface area (Å²) in [5.41, 5.74) is 1.78. The van der Waals surface area contributed by atoms with Gasteiger partial charge in [-0.3, -0.25) is 0 Å². The summed E-state index contributed by atoms with van der Waals surface area (Å²) in [5, 5.41) is 10.4. The van der Waals surface area contributed by atoms with Crippen molar-refractivity contribution in [3.05, 3.63) is 47.9 Å². The predicted octanol–water partition coefficient (Wildman–Crippen LogP) is 5.25. The van der Waals surface area contributed by atoms with Crippen LogP contribution < -0.4 is 0 Å². The van der Waals surface area contributed by atoms with Gasteiger partial charge in [-0.05, 0) is 63.8 Å². The second-order valence-corrected chi connectivity index (χ2v) is 11.0. The zero-order valence-electron chi connectivity index (χ0n) is 18.8. The zero-order chi connectivity index (χ0) is 23.3.